The van der Waals surface area contributed by atoms with Crippen molar-refractivity contribution in [3.8, 4) is 16.9 Å². The summed E-state index contributed by atoms with van der Waals surface area (Å²) in [7, 11) is 1.45. The molecular weight excluding hydrogens is 447 g/mol. The maximum Gasteiger partial charge on any atom is 0.167 e. The average Bonchev–Trinajstić information content (AvgIpc) is 3.31. The Hall–Kier alpha value is -4.34. The van der Waals surface area contributed by atoms with E-state index in [0.717, 1.165) is 65.7 Å². The van der Waals surface area contributed by atoms with E-state index in [1.807, 2.05) is 31.5 Å². The predicted octanol–water partition coefficient (Wildman–Crippen LogP) is 3.52. The van der Waals surface area contributed by atoms with E-state index in [1.165, 1.54) is 13.2 Å². The molecule has 5 aromatic rings. The lowest BCUT2D eigenvalue weighted by Gasteiger charge is -2.36. The second-order valence-electron chi connectivity index (χ2n) is 8.44. The van der Waals surface area contributed by atoms with Gasteiger partial charge in [-0.15, -0.1) is 0 Å². The monoisotopic (exact) mass is 470 g/mol. The fourth-order valence-corrected chi connectivity index (χ4v) is 4.57. The zero-order chi connectivity index (χ0) is 23.9. The zero-order valence-electron chi connectivity index (χ0n) is 19.4. The third kappa shape index (κ3) is 3.76. The van der Waals surface area contributed by atoms with Crippen LogP contribution in [0.15, 0.2) is 55.2 Å². The fraction of sp³-hybridized carbons (Fsp3) is 0.240. The summed E-state index contributed by atoms with van der Waals surface area (Å²) in [4.78, 5) is 22.4. The Morgan fingerprint density at radius 2 is 1.71 bits per heavy atom. The first-order chi connectivity index (χ1) is 17.1. The number of aryl methyl sites for hydroxylation is 1. The molecule has 1 aliphatic rings. The lowest BCUT2D eigenvalue weighted by molar-refractivity contribution is 0.387. The smallest absolute Gasteiger partial charge is 0.167 e. The summed E-state index contributed by atoms with van der Waals surface area (Å²) in [5.74, 6) is 1.47. The van der Waals surface area contributed by atoms with Gasteiger partial charge in [0.05, 0.1) is 36.9 Å². The van der Waals surface area contributed by atoms with Gasteiger partial charge in [-0.1, -0.05) is 0 Å². The van der Waals surface area contributed by atoms with Crippen LogP contribution in [0.1, 0.15) is 5.82 Å². The van der Waals surface area contributed by atoms with Gasteiger partial charge in [0.15, 0.2) is 17.2 Å². The SMILES string of the molecule is COc1cc2c(-c3cnn4cc(N5CCN(c6ccnc(C)n6)CC5)cnc34)ccnc2cc1F. The van der Waals surface area contributed by atoms with Crippen LogP contribution in [0.2, 0.25) is 0 Å². The summed E-state index contributed by atoms with van der Waals surface area (Å²) in [6.45, 7) is 5.33. The van der Waals surface area contributed by atoms with Crippen LogP contribution in [-0.4, -0.2) is 62.8 Å². The molecule has 35 heavy (non-hydrogen) atoms. The molecule has 176 valence electrons. The second-order valence-corrected chi connectivity index (χ2v) is 8.44. The number of rotatable bonds is 4. The van der Waals surface area contributed by atoms with Crippen molar-refractivity contribution in [2.24, 2.45) is 0 Å². The molecule has 0 N–H and O–H groups in total. The maximum atomic E-state index is 14.2. The Labute approximate surface area is 200 Å². The first-order valence-corrected chi connectivity index (χ1v) is 11.4. The van der Waals surface area contributed by atoms with Gasteiger partial charge >= 0.3 is 0 Å². The van der Waals surface area contributed by atoms with Crippen molar-refractivity contribution in [1.29, 1.82) is 0 Å². The van der Waals surface area contributed by atoms with Gasteiger partial charge in [0.2, 0.25) is 0 Å². The highest BCUT2D eigenvalue weighted by molar-refractivity contribution is 5.98. The van der Waals surface area contributed by atoms with E-state index in [4.69, 9.17) is 9.72 Å². The van der Waals surface area contributed by atoms with Crippen LogP contribution in [0, 0.1) is 12.7 Å². The van der Waals surface area contributed by atoms with Crippen molar-refractivity contribution in [2.75, 3.05) is 43.1 Å². The van der Waals surface area contributed by atoms with Crippen molar-refractivity contribution in [3.63, 3.8) is 0 Å². The molecule has 0 radical (unpaired) electrons. The molecule has 1 fully saturated rings. The van der Waals surface area contributed by atoms with E-state index < -0.39 is 5.82 Å². The van der Waals surface area contributed by atoms with Crippen LogP contribution in [0.5, 0.6) is 5.75 Å². The van der Waals surface area contributed by atoms with Crippen molar-refractivity contribution >= 4 is 28.1 Å². The molecule has 1 aromatic carbocycles. The van der Waals surface area contributed by atoms with E-state index in [2.05, 4.69) is 29.9 Å². The van der Waals surface area contributed by atoms with Gasteiger partial charge in [-0.05, 0) is 30.7 Å². The summed E-state index contributed by atoms with van der Waals surface area (Å²) in [5.41, 5.74) is 4.00. The normalized spacial score (nSPS) is 14.1. The molecule has 9 nitrogen and oxygen atoms in total. The number of piperazine rings is 1. The Balaban J connectivity index is 1.29. The molecule has 0 unspecified atom stereocenters. The van der Waals surface area contributed by atoms with E-state index >= 15 is 0 Å². The number of anilines is 2. The largest absolute Gasteiger partial charge is 0.494 e. The molecule has 4 aromatic heterocycles. The molecule has 0 atom stereocenters. The van der Waals surface area contributed by atoms with Crippen LogP contribution in [-0.2, 0) is 0 Å². The van der Waals surface area contributed by atoms with E-state index in [0.29, 0.717) is 5.52 Å². The minimum absolute atomic E-state index is 0.176. The van der Waals surface area contributed by atoms with Crippen molar-refractivity contribution in [1.82, 2.24) is 29.5 Å². The molecule has 0 aliphatic carbocycles. The summed E-state index contributed by atoms with van der Waals surface area (Å²) in [6.07, 6.45) is 9.14. The van der Waals surface area contributed by atoms with Crippen LogP contribution >= 0.6 is 0 Å². The molecule has 0 bridgehead atoms. The fourth-order valence-electron chi connectivity index (χ4n) is 4.57. The maximum absolute atomic E-state index is 14.2. The topological polar surface area (TPSA) is 84.6 Å². The second kappa shape index (κ2) is 8.46. The third-order valence-corrected chi connectivity index (χ3v) is 6.38. The van der Waals surface area contributed by atoms with Gasteiger partial charge < -0.3 is 14.5 Å². The zero-order valence-corrected chi connectivity index (χ0v) is 19.4. The summed E-state index contributed by atoms with van der Waals surface area (Å²) >= 11 is 0. The van der Waals surface area contributed by atoms with Crippen LogP contribution in [0.3, 0.4) is 0 Å². The molecule has 1 saturated heterocycles. The molecule has 0 saturated carbocycles. The highest BCUT2D eigenvalue weighted by atomic mass is 19.1. The standard InChI is InChI=1S/C25H23FN8O/c1-16-27-6-4-24(31-16)33-9-7-32(8-10-33)17-13-29-25-20(14-30-34(25)15-17)18-3-5-28-22-12-21(26)23(35-2)11-19(18)22/h3-6,11-15H,7-10H2,1-2H3. The molecule has 0 amide bonds. The van der Waals surface area contributed by atoms with Gasteiger partial charge in [0.25, 0.3) is 0 Å². The van der Waals surface area contributed by atoms with Crippen LogP contribution in [0.4, 0.5) is 15.9 Å². The van der Waals surface area contributed by atoms with Gasteiger partial charge in [-0.2, -0.15) is 5.10 Å². The molecular formula is C25H23FN8O. The number of pyridine rings is 1. The van der Waals surface area contributed by atoms with E-state index in [1.54, 1.807) is 29.2 Å². The van der Waals surface area contributed by atoms with Crippen LogP contribution in [0.25, 0.3) is 27.7 Å². The summed E-state index contributed by atoms with van der Waals surface area (Å²) in [5, 5.41) is 5.34. The number of benzene rings is 1. The average molecular weight is 471 g/mol. The Bertz CT molecular complexity index is 1540. The molecule has 6 rings (SSSR count). The minimum atomic E-state index is -0.442. The van der Waals surface area contributed by atoms with Crippen molar-refractivity contribution in [2.45, 2.75) is 6.92 Å². The number of fused-ring (bicyclic) bond motifs is 2. The first kappa shape index (κ1) is 21.2. The third-order valence-electron chi connectivity index (χ3n) is 6.38. The van der Waals surface area contributed by atoms with Crippen molar-refractivity contribution in [3.05, 3.63) is 66.9 Å². The highest BCUT2D eigenvalue weighted by Gasteiger charge is 2.20. The Morgan fingerprint density at radius 3 is 2.51 bits per heavy atom. The van der Waals surface area contributed by atoms with Gasteiger partial charge in [0.1, 0.15) is 11.6 Å². The Morgan fingerprint density at radius 1 is 0.914 bits per heavy atom. The number of aromatic nitrogens is 6. The van der Waals surface area contributed by atoms with Gasteiger partial charge in [-0.25, -0.2) is 23.9 Å². The molecule has 5 heterocycles. The van der Waals surface area contributed by atoms with Crippen molar-refractivity contribution < 1.29 is 9.13 Å². The minimum Gasteiger partial charge on any atom is -0.494 e. The van der Waals surface area contributed by atoms with Crippen LogP contribution < -0.4 is 14.5 Å². The van der Waals surface area contributed by atoms with E-state index in [9.17, 15) is 4.39 Å². The Kier molecular flexibility index (Phi) is 5.13. The lowest BCUT2D eigenvalue weighted by Crippen LogP contribution is -2.47. The number of hydrogen-bond acceptors (Lipinski definition) is 8. The quantitative estimate of drug-likeness (QED) is 0.395. The summed E-state index contributed by atoms with van der Waals surface area (Å²) < 4.78 is 21.2. The number of nitrogens with zero attached hydrogens (tertiary/aromatic N) is 8. The predicted molar refractivity (Wildman–Crippen MR) is 131 cm³/mol. The molecule has 1 aliphatic heterocycles. The number of halogens is 1. The highest BCUT2D eigenvalue weighted by Crippen LogP contribution is 2.33. The first-order valence-electron chi connectivity index (χ1n) is 11.4. The summed E-state index contributed by atoms with van der Waals surface area (Å²) in [6, 6.07) is 6.90. The molecule has 10 heteroatoms. The number of methoxy groups -OCH3 is 1. The number of ether oxygens (including phenoxy) is 1. The van der Waals surface area contributed by atoms with E-state index in [-0.39, 0.29) is 5.75 Å². The number of hydrogen-bond donors (Lipinski definition) is 0. The van der Waals surface area contributed by atoms with Gasteiger partial charge in [-0.3, -0.25) is 4.98 Å². The van der Waals surface area contributed by atoms with Gasteiger partial charge in [0, 0.05) is 55.6 Å². The lowest BCUT2D eigenvalue weighted by atomic mass is 10.0. The molecule has 0 spiro atoms.